The van der Waals surface area contributed by atoms with Gasteiger partial charge in [-0.15, -0.1) is 0 Å². The van der Waals surface area contributed by atoms with Gasteiger partial charge in [0.1, 0.15) is 0 Å². The Kier molecular flexibility index (Phi) is 6.57. The van der Waals surface area contributed by atoms with Crippen molar-refractivity contribution in [3.05, 3.63) is 0 Å². The van der Waals surface area contributed by atoms with Crippen LogP contribution in [0, 0.1) is 4.17 Å². The van der Waals surface area contributed by atoms with E-state index in [1.807, 2.05) is 0 Å². The minimum atomic E-state index is -4.61. The number of hydrogen-bond acceptors (Lipinski definition) is 5. The van der Waals surface area contributed by atoms with Gasteiger partial charge in [0.2, 0.25) is 0 Å². The summed E-state index contributed by atoms with van der Waals surface area (Å²) in [5.41, 5.74) is 0. The molecule has 0 aromatic carbocycles. The Bertz CT molecular complexity index is 48.4. The van der Waals surface area contributed by atoms with Crippen molar-refractivity contribution in [2.75, 3.05) is 0 Å². The molecule has 7 heavy (non-hydrogen) atoms. The summed E-state index contributed by atoms with van der Waals surface area (Å²) in [7, 11) is -4.61. The van der Waals surface area contributed by atoms with Gasteiger partial charge in [0.05, 0.1) is 0 Å². The van der Waals surface area contributed by atoms with Crippen LogP contribution in [-0.2, 0) is 0 Å². The van der Waals surface area contributed by atoms with Crippen molar-refractivity contribution >= 4 is 25.0 Å². The maximum absolute atomic E-state index is 7.33. The van der Waals surface area contributed by atoms with Crippen LogP contribution in [0.15, 0.2) is 0 Å². The van der Waals surface area contributed by atoms with Crippen molar-refractivity contribution in [3.8, 4) is 0 Å². The van der Waals surface area contributed by atoms with E-state index in [9.17, 15) is 0 Å². The normalized spacial score (nSPS) is 9.29. The molecule has 0 saturated carbocycles. The fourth-order valence-corrected chi connectivity index (χ4v) is 0. The molecule has 0 bridgehead atoms. The van der Waals surface area contributed by atoms with Gasteiger partial charge in [-0.2, -0.15) is 0 Å². The van der Waals surface area contributed by atoms with Gasteiger partial charge in [0.25, 0.3) is 0 Å². The van der Waals surface area contributed by atoms with Crippen LogP contribution in [0.5, 0.6) is 0 Å². The second-order valence-corrected chi connectivity index (χ2v) is 1.80. The third kappa shape index (κ3) is 1300. The van der Waals surface area contributed by atoms with E-state index in [4.69, 9.17) is 23.3 Å². The molecule has 0 aliphatic heterocycles. The Morgan fingerprint density at radius 3 is 1.00 bits per heavy atom. The average molecular weight is 137 g/mol. The van der Waals surface area contributed by atoms with Gasteiger partial charge in [-0.25, -0.2) is 0 Å². The van der Waals surface area contributed by atoms with Crippen LogP contribution in [0.25, 0.3) is 0 Å². The number of hydrogen-bond donors (Lipinski definition) is 4. The first-order valence-corrected chi connectivity index (χ1v) is 3.46. The molecule has 0 radical (unpaired) electrons. The van der Waals surface area contributed by atoms with E-state index in [2.05, 4.69) is 0 Å². The summed E-state index contributed by atoms with van der Waals surface area (Å²) in [6, 6.07) is 0. The van der Waals surface area contributed by atoms with Crippen molar-refractivity contribution in [3.63, 3.8) is 0 Å². The van der Waals surface area contributed by atoms with E-state index in [-0.39, 0.29) is 0 Å². The summed E-state index contributed by atoms with van der Waals surface area (Å²) in [6.07, 6.45) is 0. The van der Waals surface area contributed by atoms with Gasteiger partial charge in [-0.1, -0.05) is 0 Å². The van der Waals surface area contributed by atoms with Gasteiger partial charge in [0, 0.05) is 0 Å². The molecule has 40 valence electrons. The second-order valence-electron chi connectivity index (χ2n) is 0.600. The monoisotopic (exact) mass is 137 g/mol. The van der Waals surface area contributed by atoms with Crippen molar-refractivity contribution in [1.82, 2.24) is 0 Å². The molecule has 0 saturated heterocycles. The second kappa shape index (κ2) is 4.46. The van der Waals surface area contributed by atoms with Gasteiger partial charge < -0.3 is 19.2 Å². The van der Waals surface area contributed by atoms with Crippen molar-refractivity contribution in [2.24, 2.45) is 0 Å². The number of rotatable bonds is 0. The molecule has 0 aromatic rings. The Hall–Kier alpha value is 0.299. The Morgan fingerprint density at radius 1 is 1.00 bits per heavy atom. The van der Waals surface area contributed by atoms with Crippen LogP contribution in [0.2, 0.25) is 0 Å². The van der Waals surface area contributed by atoms with Crippen LogP contribution in [0.3, 0.4) is 0 Å². The molecule has 0 fully saturated rings. The van der Waals surface area contributed by atoms with E-state index in [0.717, 1.165) is 0 Å². The molecular formula is H4AlNO4Si. The van der Waals surface area contributed by atoms with E-state index < -0.39 is 9.05 Å². The summed E-state index contributed by atoms with van der Waals surface area (Å²) in [5, 5.41) is 0. The SMILES string of the molecule is O[Si](O)(O)O.[N]#[Al]. The topological polar surface area (TPSA) is 105 Å². The molecule has 0 spiro atoms. The van der Waals surface area contributed by atoms with Crippen molar-refractivity contribution in [2.45, 2.75) is 0 Å². The van der Waals surface area contributed by atoms with Crippen LogP contribution < -0.4 is 0 Å². The van der Waals surface area contributed by atoms with E-state index in [0.29, 0.717) is 0 Å². The van der Waals surface area contributed by atoms with E-state index >= 15 is 0 Å². The summed E-state index contributed by atoms with van der Waals surface area (Å²) in [4.78, 5) is 29.3. The fraction of sp³-hybridized carbons (Fsp3) is 0. The standard InChI is InChI=1S/Al.N.H4O4Si/c;;1-5(2,3)4/h;;1-4H. The van der Waals surface area contributed by atoms with Crippen LogP contribution in [0.1, 0.15) is 0 Å². The quantitative estimate of drug-likeness (QED) is 0.267. The molecule has 0 amide bonds. The molecule has 0 aliphatic rings. The predicted molar refractivity (Wildman–Crippen MR) is 22.1 cm³/mol. The molecule has 0 unspecified atom stereocenters. The zero-order valence-electron chi connectivity index (χ0n) is 3.31. The molecule has 0 aromatic heterocycles. The van der Waals surface area contributed by atoms with Gasteiger partial charge in [0.15, 0.2) is 0 Å². The number of nitrogens with zero attached hydrogens (tertiary/aromatic N) is 1. The average Bonchev–Trinajstić information content (AvgIpc) is 1.36. The van der Waals surface area contributed by atoms with Gasteiger partial charge in [-0.05, 0) is 0 Å². The van der Waals surface area contributed by atoms with Crippen LogP contribution in [-0.4, -0.2) is 44.2 Å². The van der Waals surface area contributed by atoms with Crippen LogP contribution >= 0.6 is 0 Å². The summed E-state index contributed by atoms with van der Waals surface area (Å²) >= 11 is 1.42. The molecule has 4 N–H and O–H groups in total. The zero-order chi connectivity index (χ0) is 6.50. The van der Waals surface area contributed by atoms with E-state index in [1.165, 1.54) is 15.9 Å². The van der Waals surface area contributed by atoms with Crippen molar-refractivity contribution < 1.29 is 19.2 Å². The van der Waals surface area contributed by atoms with Gasteiger partial charge >= 0.3 is 29.1 Å². The summed E-state index contributed by atoms with van der Waals surface area (Å²) in [6.45, 7) is 0. The Labute approximate surface area is 49.0 Å². The van der Waals surface area contributed by atoms with E-state index in [1.54, 1.807) is 0 Å². The molecule has 7 heteroatoms. The molecule has 0 aliphatic carbocycles. The molecular weight excluding hydrogens is 133 g/mol. The first-order chi connectivity index (χ1) is 3.00. The predicted octanol–water partition coefficient (Wildman–Crippen LogP) is -2.97. The van der Waals surface area contributed by atoms with Crippen LogP contribution in [0.4, 0.5) is 0 Å². The minimum absolute atomic E-state index is 1.42. The molecule has 5 nitrogen and oxygen atoms in total. The van der Waals surface area contributed by atoms with Gasteiger partial charge in [-0.3, -0.25) is 0 Å². The Morgan fingerprint density at radius 2 is 1.00 bits per heavy atom. The third-order valence-electron chi connectivity index (χ3n) is 0. The molecule has 0 atom stereocenters. The molecule has 0 heterocycles. The maximum atomic E-state index is 7.33. The molecule has 0 rings (SSSR count). The fourth-order valence-electron chi connectivity index (χ4n) is 0. The first kappa shape index (κ1) is 10.3. The van der Waals surface area contributed by atoms with Crippen molar-refractivity contribution in [1.29, 1.82) is 4.17 Å². The Balaban J connectivity index is 0. The third-order valence-corrected chi connectivity index (χ3v) is 0. The summed E-state index contributed by atoms with van der Waals surface area (Å²) < 4.78 is 6.92. The first-order valence-electron chi connectivity index (χ1n) is 1.15. The summed E-state index contributed by atoms with van der Waals surface area (Å²) in [5.74, 6) is 0. The zero-order valence-corrected chi connectivity index (χ0v) is 5.47.